The van der Waals surface area contributed by atoms with Crippen molar-refractivity contribution in [3.8, 4) is 11.5 Å². The normalized spacial score (nSPS) is 20.6. The van der Waals surface area contributed by atoms with Crippen molar-refractivity contribution in [3.05, 3.63) is 23.8 Å². The minimum absolute atomic E-state index is 0.587. The van der Waals surface area contributed by atoms with Crippen LogP contribution in [-0.4, -0.2) is 67.8 Å². The van der Waals surface area contributed by atoms with E-state index < -0.39 is 12.0 Å². The SMILES string of the molecule is COc1ccc(OC)c(C(C(=O)O)N2CCN(CC3CC3)CC2)c1. The third-order valence-corrected chi connectivity index (χ3v) is 4.95. The molecule has 6 heteroatoms. The molecule has 3 rings (SSSR count). The first-order valence-electron chi connectivity index (χ1n) is 8.53. The fourth-order valence-corrected chi connectivity index (χ4v) is 3.41. The lowest BCUT2D eigenvalue weighted by Crippen LogP contribution is -2.49. The Balaban J connectivity index is 1.76. The van der Waals surface area contributed by atoms with Gasteiger partial charge in [0.05, 0.1) is 14.2 Å². The van der Waals surface area contributed by atoms with Crippen LogP contribution in [0.15, 0.2) is 18.2 Å². The number of benzene rings is 1. The van der Waals surface area contributed by atoms with Crippen molar-refractivity contribution in [1.29, 1.82) is 0 Å². The number of hydrogen-bond acceptors (Lipinski definition) is 5. The molecule has 132 valence electrons. The second-order valence-corrected chi connectivity index (χ2v) is 6.63. The summed E-state index contributed by atoms with van der Waals surface area (Å²) in [7, 11) is 3.15. The first-order valence-corrected chi connectivity index (χ1v) is 8.53. The summed E-state index contributed by atoms with van der Waals surface area (Å²) < 4.78 is 10.7. The van der Waals surface area contributed by atoms with Gasteiger partial charge in [-0.3, -0.25) is 9.69 Å². The van der Waals surface area contributed by atoms with Crippen LogP contribution in [0, 0.1) is 5.92 Å². The third-order valence-electron chi connectivity index (χ3n) is 4.95. The third kappa shape index (κ3) is 3.82. The molecule has 1 N–H and O–H groups in total. The van der Waals surface area contributed by atoms with E-state index in [2.05, 4.69) is 4.90 Å². The fourth-order valence-electron chi connectivity index (χ4n) is 3.41. The van der Waals surface area contributed by atoms with E-state index in [9.17, 15) is 9.90 Å². The quantitative estimate of drug-likeness (QED) is 0.821. The van der Waals surface area contributed by atoms with Gasteiger partial charge in [0.25, 0.3) is 0 Å². The number of carbonyl (C=O) groups is 1. The first-order chi connectivity index (χ1) is 11.6. The molecular formula is C18H26N2O4. The maximum atomic E-state index is 12.0. The van der Waals surface area contributed by atoms with Gasteiger partial charge in [-0.1, -0.05) is 0 Å². The van der Waals surface area contributed by atoms with Gasteiger partial charge >= 0.3 is 5.97 Å². The van der Waals surface area contributed by atoms with Crippen LogP contribution in [0.1, 0.15) is 24.4 Å². The first kappa shape index (κ1) is 17.0. The zero-order chi connectivity index (χ0) is 17.1. The van der Waals surface area contributed by atoms with Crippen molar-refractivity contribution < 1.29 is 19.4 Å². The number of methoxy groups -OCH3 is 2. The highest BCUT2D eigenvalue weighted by Gasteiger charge is 2.34. The molecule has 24 heavy (non-hydrogen) atoms. The topological polar surface area (TPSA) is 62.2 Å². The van der Waals surface area contributed by atoms with E-state index in [-0.39, 0.29) is 0 Å². The number of aliphatic carboxylic acids is 1. The Morgan fingerprint density at radius 1 is 1.21 bits per heavy atom. The Morgan fingerprint density at radius 2 is 1.92 bits per heavy atom. The van der Waals surface area contributed by atoms with E-state index in [1.165, 1.54) is 12.8 Å². The van der Waals surface area contributed by atoms with Crippen molar-refractivity contribution in [2.24, 2.45) is 5.92 Å². The lowest BCUT2D eigenvalue weighted by Gasteiger charge is -2.38. The van der Waals surface area contributed by atoms with Gasteiger partial charge in [-0.25, -0.2) is 0 Å². The smallest absolute Gasteiger partial charge is 0.325 e. The molecule has 0 radical (unpaired) electrons. The molecule has 0 amide bonds. The molecule has 1 aliphatic heterocycles. The Morgan fingerprint density at radius 3 is 2.46 bits per heavy atom. The van der Waals surface area contributed by atoms with Crippen molar-refractivity contribution in [2.75, 3.05) is 46.9 Å². The zero-order valence-electron chi connectivity index (χ0n) is 14.4. The molecule has 1 unspecified atom stereocenters. The summed E-state index contributed by atoms with van der Waals surface area (Å²) in [4.78, 5) is 16.5. The molecule has 1 atom stereocenters. The van der Waals surface area contributed by atoms with Crippen LogP contribution in [0.3, 0.4) is 0 Å². The van der Waals surface area contributed by atoms with E-state index in [0.29, 0.717) is 17.1 Å². The molecule has 0 aromatic heterocycles. The summed E-state index contributed by atoms with van der Waals surface area (Å²) in [5.41, 5.74) is 0.653. The Hall–Kier alpha value is -1.79. The van der Waals surface area contributed by atoms with Gasteiger partial charge in [-0.05, 0) is 37.0 Å². The molecule has 1 heterocycles. The fraction of sp³-hybridized carbons (Fsp3) is 0.611. The zero-order valence-corrected chi connectivity index (χ0v) is 14.4. The molecule has 1 aromatic rings. The Bertz CT molecular complexity index is 580. The van der Waals surface area contributed by atoms with Gasteiger partial charge in [0.15, 0.2) is 0 Å². The number of carboxylic acid groups (broad SMARTS) is 1. The lowest BCUT2D eigenvalue weighted by molar-refractivity contribution is -0.144. The predicted octanol–water partition coefficient (Wildman–Crippen LogP) is 1.86. The maximum absolute atomic E-state index is 12.0. The van der Waals surface area contributed by atoms with Crippen LogP contribution in [0.5, 0.6) is 11.5 Å². The van der Waals surface area contributed by atoms with Gasteiger partial charge in [-0.2, -0.15) is 0 Å². The number of rotatable bonds is 7. The second kappa shape index (κ2) is 7.40. The van der Waals surface area contributed by atoms with Gasteiger partial charge < -0.3 is 19.5 Å². The second-order valence-electron chi connectivity index (χ2n) is 6.63. The summed E-state index contributed by atoms with van der Waals surface area (Å²) >= 11 is 0. The summed E-state index contributed by atoms with van der Waals surface area (Å²) in [6, 6.07) is 4.62. The number of hydrogen-bond donors (Lipinski definition) is 1. The average Bonchev–Trinajstić information content (AvgIpc) is 3.40. The Kier molecular flexibility index (Phi) is 5.26. The monoisotopic (exact) mass is 334 g/mol. The van der Waals surface area contributed by atoms with E-state index >= 15 is 0 Å². The van der Waals surface area contributed by atoms with Crippen molar-refractivity contribution >= 4 is 5.97 Å². The maximum Gasteiger partial charge on any atom is 0.325 e. The van der Waals surface area contributed by atoms with E-state index in [4.69, 9.17) is 9.47 Å². The van der Waals surface area contributed by atoms with Crippen LogP contribution in [0.4, 0.5) is 0 Å². The van der Waals surface area contributed by atoms with Gasteiger partial charge in [0, 0.05) is 38.3 Å². The molecule has 6 nitrogen and oxygen atoms in total. The summed E-state index contributed by atoms with van der Waals surface area (Å²) in [5.74, 6) is 1.25. The highest BCUT2D eigenvalue weighted by atomic mass is 16.5. The minimum Gasteiger partial charge on any atom is -0.497 e. The molecule has 1 saturated heterocycles. The number of piperazine rings is 1. The van der Waals surface area contributed by atoms with Crippen molar-refractivity contribution in [1.82, 2.24) is 9.80 Å². The van der Waals surface area contributed by atoms with Gasteiger partial charge in [0.2, 0.25) is 0 Å². The largest absolute Gasteiger partial charge is 0.497 e. The molecule has 1 aromatic carbocycles. The lowest BCUT2D eigenvalue weighted by atomic mass is 10.0. The van der Waals surface area contributed by atoms with Crippen LogP contribution in [0.2, 0.25) is 0 Å². The van der Waals surface area contributed by atoms with Crippen LogP contribution >= 0.6 is 0 Å². The van der Waals surface area contributed by atoms with Gasteiger partial charge in [0.1, 0.15) is 17.5 Å². The number of ether oxygens (including phenoxy) is 2. The van der Waals surface area contributed by atoms with Crippen LogP contribution in [0.25, 0.3) is 0 Å². The molecule has 0 bridgehead atoms. The predicted molar refractivity (Wildman–Crippen MR) is 90.7 cm³/mol. The van der Waals surface area contributed by atoms with E-state index in [1.54, 1.807) is 32.4 Å². The molecule has 1 aliphatic carbocycles. The standard InChI is InChI=1S/C18H26N2O4/c1-23-14-5-6-16(24-2)15(11-14)17(18(21)22)20-9-7-19(8-10-20)12-13-3-4-13/h5-6,11,13,17H,3-4,7-10,12H2,1-2H3,(H,21,22). The van der Waals surface area contributed by atoms with Crippen LogP contribution in [-0.2, 0) is 4.79 Å². The summed E-state index contributed by atoms with van der Waals surface area (Å²) in [6.45, 7) is 4.52. The van der Waals surface area contributed by atoms with Crippen molar-refractivity contribution in [3.63, 3.8) is 0 Å². The van der Waals surface area contributed by atoms with E-state index in [1.807, 2.05) is 4.90 Å². The number of nitrogens with zero attached hydrogens (tertiary/aromatic N) is 2. The van der Waals surface area contributed by atoms with E-state index in [0.717, 1.165) is 38.6 Å². The summed E-state index contributed by atoms with van der Waals surface area (Å²) in [6.07, 6.45) is 2.69. The van der Waals surface area contributed by atoms with Gasteiger partial charge in [-0.15, -0.1) is 0 Å². The minimum atomic E-state index is -0.850. The molecule has 1 saturated carbocycles. The highest BCUT2D eigenvalue weighted by Crippen LogP contribution is 2.34. The molecule has 2 aliphatic rings. The number of carboxylic acids is 1. The average molecular weight is 334 g/mol. The molecule has 0 spiro atoms. The highest BCUT2D eigenvalue weighted by molar-refractivity contribution is 5.77. The Labute approximate surface area is 143 Å². The summed E-state index contributed by atoms with van der Waals surface area (Å²) in [5, 5.41) is 9.83. The van der Waals surface area contributed by atoms with Crippen LogP contribution < -0.4 is 9.47 Å². The molecular weight excluding hydrogens is 308 g/mol. The molecule has 2 fully saturated rings. The van der Waals surface area contributed by atoms with Crippen molar-refractivity contribution in [2.45, 2.75) is 18.9 Å².